The van der Waals surface area contributed by atoms with Gasteiger partial charge in [-0.25, -0.2) is 0 Å². The van der Waals surface area contributed by atoms with Gasteiger partial charge in [-0.1, -0.05) is 20.8 Å². The van der Waals surface area contributed by atoms with Gasteiger partial charge in [-0.15, -0.1) is 0 Å². The summed E-state index contributed by atoms with van der Waals surface area (Å²) in [5.74, 6) is 0. The molecule has 0 aromatic heterocycles. The van der Waals surface area contributed by atoms with E-state index in [1.165, 1.54) is 25.9 Å². The molecule has 0 aromatic rings. The topological polar surface area (TPSA) is 23.5 Å². The second-order valence-electron chi connectivity index (χ2n) is 5.43. The second-order valence-corrected chi connectivity index (χ2v) is 5.43. The first kappa shape index (κ1) is 11.0. The van der Waals surface area contributed by atoms with Crippen LogP contribution in [-0.2, 0) is 0 Å². The summed E-state index contributed by atoms with van der Waals surface area (Å²) >= 11 is 0. The van der Waals surface area contributed by atoms with Crippen molar-refractivity contribution >= 4 is 0 Å². The van der Waals surface area contributed by atoms with Gasteiger partial charge in [0, 0.05) is 6.54 Å². The molecule has 2 heteroatoms. The average Bonchev–Trinajstić information content (AvgIpc) is 2.34. The van der Waals surface area contributed by atoms with Crippen LogP contribution in [-0.4, -0.2) is 35.7 Å². The first-order valence-electron chi connectivity index (χ1n) is 5.38. The lowest BCUT2D eigenvalue weighted by atomic mass is 9.89. The Morgan fingerprint density at radius 2 is 1.77 bits per heavy atom. The first-order valence-corrected chi connectivity index (χ1v) is 5.38. The molecule has 1 N–H and O–H groups in total. The van der Waals surface area contributed by atoms with Gasteiger partial charge in [0.15, 0.2) is 0 Å². The Kier molecular flexibility index (Phi) is 3.74. The van der Waals surface area contributed by atoms with Crippen LogP contribution in [0.15, 0.2) is 0 Å². The van der Waals surface area contributed by atoms with Crippen molar-refractivity contribution in [1.29, 1.82) is 0 Å². The molecule has 0 amide bonds. The molecule has 0 spiro atoms. The highest BCUT2D eigenvalue weighted by Crippen LogP contribution is 2.21. The highest BCUT2D eigenvalue weighted by molar-refractivity contribution is 4.74. The Morgan fingerprint density at radius 1 is 1.23 bits per heavy atom. The molecule has 1 fully saturated rings. The first-order chi connectivity index (χ1) is 5.97. The van der Waals surface area contributed by atoms with Crippen molar-refractivity contribution in [3.05, 3.63) is 0 Å². The quantitative estimate of drug-likeness (QED) is 0.725. The molecule has 1 rings (SSSR count). The summed E-state index contributed by atoms with van der Waals surface area (Å²) in [6.07, 6.45) is 3.38. The molecule has 0 bridgehead atoms. The van der Waals surface area contributed by atoms with Crippen LogP contribution in [0.3, 0.4) is 0 Å². The Bertz CT molecular complexity index is 145. The van der Waals surface area contributed by atoms with Gasteiger partial charge in [-0.3, -0.25) is 0 Å². The molecule has 1 aliphatic rings. The number of β-amino-alcohol motifs (C(OH)–C–C–N with tert-alkyl or cyclic N) is 1. The summed E-state index contributed by atoms with van der Waals surface area (Å²) in [5, 5.41) is 9.80. The average molecular weight is 185 g/mol. The summed E-state index contributed by atoms with van der Waals surface area (Å²) in [4.78, 5) is 2.37. The number of rotatable bonds is 3. The fraction of sp³-hybridized carbons (Fsp3) is 1.00. The molecule has 0 aromatic carbocycles. The molecule has 0 radical (unpaired) electrons. The molecule has 2 nitrogen and oxygen atoms in total. The van der Waals surface area contributed by atoms with E-state index in [9.17, 15) is 5.11 Å². The molecule has 1 saturated heterocycles. The molecule has 1 atom stereocenters. The number of hydrogen-bond acceptors (Lipinski definition) is 2. The maximum atomic E-state index is 9.80. The highest BCUT2D eigenvalue weighted by Gasteiger charge is 2.20. The summed E-state index contributed by atoms with van der Waals surface area (Å²) in [7, 11) is 0. The lowest BCUT2D eigenvalue weighted by Crippen LogP contribution is -2.32. The van der Waals surface area contributed by atoms with Crippen LogP contribution in [0.4, 0.5) is 0 Å². The monoisotopic (exact) mass is 185 g/mol. The van der Waals surface area contributed by atoms with Crippen molar-refractivity contribution in [3.63, 3.8) is 0 Å². The zero-order chi connectivity index (χ0) is 9.90. The third kappa shape index (κ3) is 4.63. The molecule has 1 aliphatic heterocycles. The molecule has 0 saturated carbocycles. The van der Waals surface area contributed by atoms with E-state index >= 15 is 0 Å². The maximum absolute atomic E-state index is 9.80. The van der Waals surface area contributed by atoms with E-state index in [1.807, 2.05) is 0 Å². The summed E-state index contributed by atoms with van der Waals surface area (Å²) in [6.45, 7) is 9.78. The predicted molar refractivity (Wildman–Crippen MR) is 55.8 cm³/mol. The number of aliphatic hydroxyl groups excluding tert-OH is 1. The third-order valence-corrected chi connectivity index (χ3v) is 2.52. The molecular weight excluding hydrogens is 162 g/mol. The van der Waals surface area contributed by atoms with E-state index in [0.717, 1.165) is 13.0 Å². The molecule has 0 aliphatic carbocycles. The van der Waals surface area contributed by atoms with Crippen molar-refractivity contribution in [2.75, 3.05) is 19.6 Å². The van der Waals surface area contributed by atoms with E-state index in [4.69, 9.17) is 0 Å². The zero-order valence-electron chi connectivity index (χ0n) is 9.21. The van der Waals surface area contributed by atoms with Gasteiger partial charge in [0.2, 0.25) is 0 Å². The minimum Gasteiger partial charge on any atom is -0.392 e. The molecule has 1 unspecified atom stereocenters. The van der Waals surface area contributed by atoms with Crippen LogP contribution in [0, 0.1) is 5.41 Å². The van der Waals surface area contributed by atoms with E-state index in [0.29, 0.717) is 0 Å². The van der Waals surface area contributed by atoms with Crippen LogP contribution >= 0.6 is 0 Å². The van der Waals surface area contributed by atoms with Gasteiger partial charge in [0.1, 0.15) is 0 Å². The van der Waals surface area contributed by atoms with Crippen LogP contribution in [0.5, 0.6) is 0 Å². The predicted octanol–water partition coefficient (Wildman–Crippen LogP) is 1.88. The minimum absolute atomic E-state index is 0.141. The molecule has 1 heterocycles. The maximum Gasteiger partial charge on any atom is 0.0672 e. The van der Waals surface area contributed by atoms with Crippen molar-refractivity contribution < 1.29 is 5.11 Å². The van der Waals surface area contributed by atoms with Gasteiger partial charge in [0.25, 0.3) is 0 Å². The SMILES string of the molecule is CC(C)(C)CC(O)CN1CCCC1. The minimum atomic E-state index is -0.141. The number of nitrogens with zero attached hydrogens (tertiary/aromatic N) is 1. The number of aliphatic hydroxyl groups is 1. The van der Waals surface area contributed by atoms with Crippen LogP contribution in [0.25, 0.3) is 0 Å². The van der Waals surface area contributed by atoms with Gasteiger partial charge in [0.05, 0.1) is 6.10 Å². The number of likely N-dealkylation sites (tertiary alicyclic amines) is 1. The largest absolute Gasteiger partial charge is 0.392 e. The van der Waals surface area contributed by atoms with Crippen molar-refractivity contribution in [1.82, 2.24) is 4.90 Å². The Balaban J connectivity index is 2.20. The van der Waals surface area contributed by atoms with Gasteiger partial charge < -0.3 is 10.0 Å². The standard InChI is InChI=1S/C11H23NO/c1-11(2,3)8-10(13)9-12-6-4-5-7-12/h10,13H,4-9H2,1-3H3. The van der Waals surface area contributed by atoms with Crippen molar-refractivity contribution in [3.8, 4) is 0 Å². The van der Waals surface area contributed by atoms with E-state index < -0.39 is 0 Å². The van der Waals surface area contributed by atoms with E-state index in [1.54, 1.807) is 0 Å². The van der Waals surface area contributed by atoms with Gasteiger partial charge >= 0.3 is 0 Å². The highest BCUT2D eigenvalue weighted by atomic mass is 16.3. The molecular formula is C11H23NO. The summed E-state index contributed by atoms with van der Waals surface area (Å²) in [5.41, 5.74) is 0.249. The lowest BCUT2D eigenvalue weighted by Gasteiger charge is -2.25. The fourth-order valence-electron chi connectivity index (χ4n) is 2.03. The third-order valence-electron chi connectivity index (χ3n) is 2.52. The lowest BCUT2D eigenvalue weighted by molar-refractivity contribution is 0.0854. The smallest absolute Gasteiger partial charge is 0.0672 e. The van der Waals surface area contributed by atoms with Gasteiger partial charge in [-0.2, -0.15) is 0 Å². The van der Waals surface area contributed by atoms with E-state index in [-0.39, 0.29) is 11.5 Å². The summed E-state index contributed by atoms with van der Waals surface area (Å²) in [6, 6.07) is 0. The van der Waals surface area contributed by atoms with Crippen molar-refractivity contribution in [2.24, 2.45) is 5.41 Å². The van der Waals surface area contributed by atoms with E-state index in [2.05, 4.69) is 25.7 Å². The van der Waals surface area contributed by atoms with Crippen LogP contribution in [0.2, 0.25) is 0 Å². The Hall–Kier alpha value is -0.0800. The normalized spacial score (nSPS) is 22.2. The Morgan fingerprint density at radius 3 is 2.23 bits per heavy atom. The Labute approximate surface area is 81.9 Å². The van der Waals surface area contributed by atoms with Crippen LogP contribution in [0.1, 0.15) is 40.0 Å². The fourth-order valence-corrected chi connectivity index (χ4v) is 2.03. The van der Waals surface area contributed by atoms with Crippen molar-refractivity contribution in [2.45, 2.75) is 46.1 Å². The second kappa shape index (κ2) is 4.43. The van der Waals surface area contributed by atoms with Gasteiger partial charge in [-0.05, 0) is 37.8 Å². The summed E-state index contributed by atoms with van der Waals surface area (Å²) < 4.78 is 0. The van der Waals surface area contributed by atoms with Crippen LogP contribution < -0.4 is 0 Å². The number of hydrogen-bond donors (Lipinski definition) is 1. The zero-order valence-corrected chi connectivity index (χ0v) is 9.21. The molecule has 13 heavy (non-hydrogen) atoms. The molecule has 78 valence electrons.